The Morgan fingerprint density at radius 2 is 1.92 bits per heavy atom. The molecule has 0 unspecified atom stereocenters. The van der Waals surface area contributed by atoms with Gasteiger partial charge in [0.1, 0.15) is 6.04 Å². The van der Waals surface area contributed by atoms with Crippen molar-refractivity contribution in [3.8, 4) is 0 Å². The molecule has 1 heterocycles. The van der Waals surface area contributed by atoms with Crippen molar-refractivity contribution in [1.29, 1.82) is 0 Å². The van der Waals surface area contributed by atoms with Gasteiger partial charge in [0.15, 0.2) is 5.76 Å². The predicted molar refractivity (Wildman–Crippen MR) is 94.0 cm³/mol. The average molecular weight is 328 g/mol. The van der Waals surface area contributed by atoms with Gasteiger partial charge >= 0.3 is 0 Å². The van der Waals surface area contributed by atoms with Crippen LogP contribution in [0, 0.1) is 12.8 Å². The lowest BCUT2D eigenvalue weighted by molar-refractivity contribution is -0.118. The second-order valence-electron chi connectivity index (χ2n) is 6.12. The number of anilines is 1. The van der Waals surface area contributed by atoms with Crippen LogP contribution in [0.15, 0.2) is 41.0 Å². The zero-order chi connectivity index (χ0) is 17.7. The summed E-state index contributed by atoms with van der Waals surface area (Å²) in [4.78, 5) is 24.9. The topological polar surface area (TPSA) is 71.3 Å². The molecule has 0 aliphatic heterocycles. The maximum Gasteiger partial charge on any atom is 0.287 e. The third-order valence-corrected chi connectivity index (χ3v) is 3.97. The number of hydrogen-bond acceptors (Lipinski definition) is 3. The van der Waals surface area contributed by atoms with Gasteiger partial charge < -0.3 is 15.1 Å². The molecule has 1 atom stereocenters. The van der Waals surface area contributed by atoms with Gasteiger partial charge in [0.2, 0.25) is 5.91 Å². The van der Waals surface area contributed by atoms with E-state index in [0.29, 0.717) is 0 Å². The molecule has 0 radical (unpaired) electrons. The Balaban J connectivity index is 2.17. The summed E-state index contributed by atoms with van der Waals surface area (Å²) in [7, 11) is 0. The molecule has 1 aromatic carbocycles. The molecule has 1 aromatic heterocycles. The highest BCUT2D eigenvalue weighted by Gasteiger charge is 2.26. The quantitative estimate of drug-likeness (QED) is 0.852. The average Bonchev–Trinajstić information content (AvgIpc) is 3.08. The van der Waals surface area contributed by atoms with Crippen molar-refractivity contribution in [3.63, 3.8) is 0 Å². The summed E-state index contributed by atoms with van der Waals surface area (Å²) < 4.78 is 5.09. The normalized spacial score (nSPS) is 12.0. The fourth-order valence-corrected chi connectivity index (χ4v) is 2.56. The van der Waals surface area contributed by atoms with E-state index in [1.54, 1.807) is 12.1 Å². The number of amides is 2. The zero-order valence-corrected chi connectivity index (χ0v) is 14.6. The Morgan fingerprint density at radius 3 is 2.50 bits per heavy atom. The molecule has 2 N–H and O–H groups in total. The van der Waals surface area contributed by atoms with Crippen molar-refractivity contribution >= 4 is 17.5 Å². The Kier molecular flexibility index (Phi) is 5.79. The molecule has 0 aliphatic rings. The standard InChI is InChI=1S/C19H24N2O3/c1-5-14-9-6-8-13(4)17(14)21-19(23)16(12(2)3)20-18(22)15-10-7-11-24-15/h6-12,16H,5H2,1-4H3,(H,20,22)(H,21,23)/t16-/m0/s1. The smallest absolute Gasteiger partial charge is 0.287 e. The van der Waals surface area contributed by atoms with Gasteiger partial charge in [-0.1, -0.05) is 39.0 Å². The Labute approximate surface area is 142 Å². The van der Waals surface area contributed by atoms with Crippen LogP contribution in [0.3, 0.4) is 0 Å². The number of furan rings is 1. The Bertz CT molecular complexity index is 705. The van der Waals surface area contributed by atoms with Gasteiger partial charge in [-0.05, 0) is 42.5 Å². The second-order valence-corrected chi connectivity index (χ2v) is 6.12. The summed E-state index contributed by atoms with van der Waals surface area (Å²) in [5, 5.41) is 5.73. The number of carbonyl (C=O) groups excluding carboxylic acids is 2. The minimum Gasteiger partial charge on any atom is -0.459 e. The summed E-state index contributed by atoms with van der Waals surface area (Å²) in [5.74, 6) is -0.486. The van der Waals surface area contributed by atoms with Crippen LogP contribution in [0.25, 0.3) is 0 Å². The molecular weight excluding hydrogens is 304 g/mol. The van der Waals surface area contributed by atoms with Crippen molar-refractivity contribution in [1.82, 2.24) is 5.32 Å². The highest BCUT2D eigenvalue weighted by Crippen LogP contribution is 2.22. The fraction of sp³-hybridized carbons (Fsp3) is 0.368. The van der Waals surface area contributed by atoms with E-state index in [4.69, 9.17) is 4.42 Å². The molecule has 0 saturated carbocycles. The van der Waals surface area contributed by atoms with Crippen molar-refractivity contribution in [2.75, 3.05) is 5.32 Å². The van der Waals surface area contributed by atoms with Gasteiger partial charge in [0.05, 0.1) is 6.26 Å². The van der Waals surface area contributed by atoms with Crippen molar-refractivity contribution < 1.29 is 14.0 Å². The van der Waals surface area contributed by atoms with Gasteiger partial charge in [0, 0.05) is 5.69 Å². The van der Waals surface area contributed by atoms with Crippen LogP contribution in [-0.4, -0.2) is 17.9 Å². The molecule has 2 rings (SSSR count). The van der Waals surface area contributed by atoms with Gasteiger partial charge in [-0.25, -0.2) is 0 Å². The summed E-state index contributed by atoms with van der Waals surface area (Å²) in [5.41, 5.74) is 2.90. The summed E-state index contributed by atoms with van der Waals surface area (Å²) in [6.07, 6.45) is 2.25. The lowest BCUT2D eigenvalue weighted by Crippen LogP contribution is -2.47. The first-order valence-electron chi connectivity index (χ1n) is 8.17. The van der Waals surface area contributed by atoms with Crippen LogP contribution in [0.5, 0.6) is 0 Å². The molecule has 2 amide bonds. The zero-order valence-electron chi connectivity index (χ0n) is 14.6. The molecule has 0 saturated heterocycles. The van der Waals surface area contributed by atoms with Crippen LogP contribution < -0.4 is 10.6 Å². The number of carbonyl (C=O) groups is 2. The maximum atomic E-state index is 12.7. The number of benzene rings is 1. The van der Waals surface area contributed by atoms with Gasteiger partial charge in [-0.2, -0.15) is 0 Å². The third-order valence-electron chi connectivity index (χ3n) is 3.97. The first kappa shape index (κ1) is 17.8. The molecule has 0 bridgehead atoms. The number of aryl methyl sites for hydroxylation is 2. The van der Waals surface area contributed by atoms with E-state index in [1.165, 1.54) is 6.26 Å². The van der Waals surface area contributed by atoms with Gasteiger partial charge in [-0.15, -0.1) is 0 Å². The van der Waals surface area contributed by atoms with Crippen molar-refractivity contribution in [2.45, 2.75) is 40.2 Å². The summed E-state index contributed by atoms with van der Waals surface area (Å²) in [6.45, 7) is 7.79. The molecule has 5 heteroatoms. The first-order chi connectivity index (χ1) is 11.4. The minimum absolute atomic E-state index is 0.0574. The second kappa shape index (κ2) is 7.81. The van der Waals surface area contributed by atoms with Crippen LogP contribution in [-0.2, 0) is 11.2 Å². The van der Waals surface area contributed by atoms with E-state index in [2.05, 4.69) is 10.6 Å². The molecule has 0 spiro atoms. The Morgan fingerprint density at radius 1 is 1.17 bits per heavy atom. The molecule has 0 aliphatic carbocycles. The van der Waals surface area contributed by atoms with E-state index in [-0.39, 0.29) is 17.6 Å². The predicted octanol–water partition coefficient (Wildman–Crippen LogP) is 3.54. The van der Waals surface area contributed by atoms with Crippen LogP contribution in [0.4, 0.5) is 5.69 Å². The van der Waals surface area contributed by atoms with Crippen molar-refractivity contribution in [2.24, 2.45) is 5.92 Å². The van der Waals surface area contributed by atoms with Gasteiger partial charge in [0.25, 0.3) is 5.91 Å². The highest BCUT2D eigenvalue weighted by molar-refractivity contribution is 6.01. The largest absolute Gasteiger partial charge is 0.459 e. The number of rotatable bonds is 6. The molecule has 24 heavy (non-hydrogen) atoms. The maximum absolute atomic E-state index is 12.7. The number of para-hydroxylation sites is 1. The summed E-state index contributed by atoms with van der Waals surface area (Å²) >= 11 is 0. The number of nitrogens with one attached hydrogen (secondary N) is 2. The highest BCUT2D eigenvalue weighted by atomic mass is 16.3. The molecule has 2 aromatic rings. The van der Waals surface area contributed by atoms with Crippen molar-refractivity contribution in [3.05, 3.63) is 53.5 Å². The Hall–Kier alpha value is -2.56. The minimum atomic E-state index is -0.646. The lowest BCUT2D eigenvalue weighted by Gasteiger charge is -2.22. The SMILES string of the molecule is CCc1cccc(C)c1NC(=O)[C@@H](NC(=O)c1ccco1)C(C)C. The van der Waals surface area contributed by atoms with Crippen LogP contribution in [0.1, 0.15) is 42.5 Å². The van der Waals surface area contributed by atoms with E-state index < -0.39 is 11.9 Å². The van der Waals surface area contributed by atoms with Gasteiger partial charge in [-0.3, -0.25) is 9.59 Å². The van der Waals surface area contributed by atoms with Crippen LogP contribution in [0.2, 0.25) is 0 Å². The molecular formula is C19H24N2O3. The van der Waals surface area contributed by atoms with E-state index >= 15 is 0 Å². The van der Waals surface area contributed by atoms with E-state index in [0.717, 1.165) is 23.2 Å². The van der Waals surface area contributed by atoms with E-state index in [9.17, 15) is 9.59 Å². The lowest BCUT2D eigenvalue weighted by atomic mass is 10.0. The van der Waals surface area contributed by atoms with E-state index in [1.807, 2.05) is 45.9 Å². The third kappa shape index (κ3) is 4.04. The number of hydrogen-bond donors (Lipinski definition) is 2. The fourth-order valence-electron chi connectivity index (χ4n) is 2.56. The monoisotopic (exact) mass is 328 g/mol. The molecule has 0 fully saturated rings. The first-order valence-corrected chi connectivity index (χ1v) is 8.17. The van der Waals surface area contributed by atoms with Crippen LogP contribution >= 0.6 is 0 Å². The molecule has 128 valence electrons. The molecule has 5 nitrogen and oxygen atoms in total. The summed E-state index contributed by atoms with van der Waals surface area (Å²) in [6, 6.07) is 8.49.